The minimum Gasteiger partial charge on any atom is -0.378 e. The predicted octanol–water partition coefficient (Wildman–Crippen LogP) is 1.24. The summed E-state index contributed by atoms with van der Waals surface area (Å²) < 4.78 is 5.26. The molecule has 1 aliphatic rings. The minimum absolute atomic E-state index is 0.0955. The number of anilines is 1. The number of hydrogen-bond donors (Lipinski definition) is 0. The zero-order valence-corrected chi connectivity index (χ0v) is 11.9. The second-order valence-corrected chi connectivity index (χ2v) is 4.89. The standard InChI is InChI=1S/C15H19N3O2/c1-12(15(19)18-6-8-20-9-7-18)17(2)14-5-3-4-13(10-14)11-16/h3-5,10,12H,6-9H2,1-2H3. The Balaban J connectivity index is 2.09. The van der Waals surface area contributed by atoms with Crippen LogP contribution in [-0.2, 0) is 9.53 Å². The van der Waals surface area contributed by atoms with Gasteiger partial charge in [0.15, 0.2) is 0 Å². The van der Waals surface area contributed by atoms with Crippen molar-refractivity contribution in [3.63, 3.8) is 0 Å². The SMILES string of the molecule is CC(C(=O)N1CCOCC1)N(C)c1cccc(C#N)c1. The van der Waals surface area contributed by atoms with Crippen LogP contribution in [0.15, 0.2) is 24.3 Å². The Morgan fingerprint density at radius 1 is 1.45 bits per heavy atom. The molecule has 1 aliphatic heterocycles. The van der Waals surface area contributed by atoms with E-state index in [2.05, 4.69) is 6.07 Å². The van der Waals surface area contributed by atoms with Crippen LogP contribution in [0, 0.1) is 11.3 Å². The van der Waals surface area contributed by atoms with Gasteiger partial charge in [0.05, 0.1) is 24.8 Å². The number of carbonyl (C=O) groups is 1. The number of likely N-dealkylation sites (N-methyl/N-ethyl adjacent to an activating group) is 1. The largest absolute Gasteiger partial charge is 0.378 e. The van der Waals surface area contributed by atoms with E-state index in [0.29, 0.717) is 31.9 Å². The molecule has 1 aromatic rings. The Labute approximate surface area is 119 Å². The lowest BCUT2D eigenvalue weighted by molar-refractivity contribution is -0.136. The Bertz CT molecular complexity index is 518. The molecule has 2 rings (SSSR count). The zero-order valence-electron chi connectivity index (χ0n) is 11.9. The van der Waals surface area contributed by atoms with E-state index >= 15 is 0 Å². The van der Waals surface area contributed by atoms with Crippen LogP contribution in [0.5, 0.6) is 0 Å². The van der Waals surface area contributed by atoms with Crippen LogP contribution >= 0.6 is 0 Å². The van der Waals surface area contributed by atoms with Gasteiger partial charge in [-0.1, -0.05) is 6.07 Å². The minimum atomic E-state index is -0.262. The fraction of sp³-hybridized carbons (Fsp3) is 0.467. The van der Waals surface area contributed by atoms with Gasteiger partial charge in [0.2, 0.25) is 5.91 Å². The Kier molecular flexibility index (Phi) is 4.59. The van der Waals surface area contributed by atoms with E-state index in [1.807, 2.05) is 35.9 Å². The quantitative estimate of drug-likeness (QED) is 0.831. The number of benzene rings is 1. The van der Waals surface area contributed by atoms with Crippen LogP contribution in [0.3, 0.4) is 0 Å². The first-order valence-corrected chi connectivity index (χ1v) is 6.73. The van der Waals surface area contributed by atoms with Crippen molar-refractivity contribution in [3.05, 3.63) is 29.8 Å². The van der Waals surface area contributed by atoms with Crippen molar-refractivity contribution >= 4 is 11.6 Å². The lowest BCUT2D eigenvalue weighted by atomic mass is 10.1. The lowest BCUT2D eigenvalue weighted by Crippen LogP contribution is -2.49. The fourth-order valence-electron chi connectivity index (χ4n) is 2.23. The van der Waals surface area contributed by atoms with Gasteiger partial charge in [-0.25, -0.2) is 0 Å². The van der Waals surface area contributed by atoms with Crippen molar-refractivity contribution in [2.45, 2.75) is 13.0 Å². The van der Waals surface area contributed by atoms with Crippen molar-refractivity contribution in [3.8, 4) is 6.07 Å². The summed E-state index contributed by atoms with van der Waals surface area (Å²) in [5, 5.41) is 8.94. The van der Waals surface area contributed by atoms with E-state index in [0.717, 1.165) is 5.69 Å². The summed E-state index contributed by atoms with van der Waals surface area (Å²) in [5.74, 6) is 0.0955. The molecule has 1 saturated heterocycles. The van der Waals surface area contributed by atoms with Crippen LogP contribution in [0.4, 0.5) is 5.69 Å². The van der Waals surface area contributed by atoms with Gasteiger partial charge in [0.25, 0.3) is 0 Å². The van der Waals surface area contributed by atoms with Crippen LogP contribution in [-0.4, -0.2) is 50.2 Å². The Morgan fingerprint density at radius 3 is 2.80 bits per heavy atom. The molecule has 0 radical (unpaired) electrons. The molecule has 0 spiro atoms. The second-order valence-electron chi connectivity index (χ2n) is 4.89. The molecule has 0 N–H and O–H groups in total. The van der Waals surface area contributed by atoms with E-state index in [4.69, 9.17) is 10.00 Å². The average molecular weight is 273 g/mol. The highest BCUT2D eigenvalue weighted by molar-refractivity contribution is 5.85. The van der Waals surface area contributed by atoms with Crippen molar-refractivity contribution in [1.82, 2.24) is 4.90 Å². The molecule has 0 aromatic heterocycles. The van der Waals surface area contributed by atoms with E-state index in [1.165, 1.54) is 0 Å². The van der Waals surface area contributed by atoms with Gasteiger partial charge in [0, 0.05) is 25.8 Å². The molecule has 1 atom stereocenters. The summed E-state index contributed by atoms with van der Waals surface area (Å²) in [5.41, 5.74) is 1.47. The number of carbonyl (C=O) groups excluding carboxylic acids is 1. The number of ether oxygens (including phenoxy) is 1. The van der Waals surface area contributed by atoms with E-state index in [9.17, 15) is 4.79 Å². The van der Waals surface area contributed by atoms with Crippen molar-refractivity contribution in [1.29, 1.82) is 5.26 Å². The first-order valence-electron chi connectivity index (χ1n) is 6.73. The van der Waals surface area contributed by atoms with Gasteiger partial charge >= 0.3 is 0 Å². The first-order chi connectivity index (χ1) is 9.63. The monoisotopic (exact) mass is 273 g/mol. The van der Waals surface area contributed by atoms with E-state index < -0.39 is 0 Å². The second kappa shape index (κ2) is 6.40. The normalized spacial score (nSPS) is 16.4. The molecule has 1 unspecified atom stereocenters. The molecule has 1 fully saturated rings. The summed E-state index contributed by atoms with van der Waals surface area (Å²) in [6, 6.07) is 9.14. The Hall–Kier alpha value is -2.06. The van der Waals surface area contributed by atoms with Gasteiger partial charge < -0.3 is 14.5 Å². The number of nitrogens with zero attached hydrogens (tertiary/aromatic N) is 3. The molecule has 0 saturated carbocycles. The maximum atomic E-state index is 12.4. The van der Waals surface area contributed by atoms with Gasteiger partial charge in [-0.15, -0.1) is 0 Å². The summed E-state index contributed by atoms with van der Waals surface area (Å²) in [6.07, 6.45) is 0. The number of hydrogen-bond acceptors (Lipinski definition) is 4. The zero-order chi connectivity index (χ0) is 14.5. The topological polar surface area (TPSA) is 56.6 Å². The van der Waals surface area contributed by atoms with E-state index in [1.54, 1.807) is 12.1 Å². The summed E-state index contributed by atoms with van der Waals surface area (Å²) >= 11 is 0. The van der Waals surface area contributed by atoms with Gasteiger partial charge in [0.1, 0.15) is 6.04 Å². The molecular formula is C15H19N3O2. The number of morpholine rings is 1. The highest BCUT2D eigenvalue weighted by atomic mass is 16.5. The van der Waals surface area contributed by atoms with Gasteiger partial charge in [-0.05, 0) is 25.1 Å². The van der Waals surface area contributed by atoms with Crippen LogP contribution < -0.4 is 4.90 Å². The molecule has 1 aromatic carbocycles. The van der Waals surface area contributed by atoms with Crippen molar-refractivity contribution in [2.75, 3.05) is 38.3 Å². The van der Waals surface area contributed by atoms with E-state index in [-0.39, 0.29) is 11.9 Å². The third-order valence-corrected chi connectivity index (χ3v) is 3.64. The molecule has 20 heavy (non-hydrogen) atoms. The lowest BCUT2D eigenvalue weighted by Gasteiger charge is -2.33. The third-order valence-electron chi connectivity index (χ3n) is 3.64. The molecule has 106 valence electrons. The van der Waals surface area contributed by atoms with Crippen LogP contribution in [0.1, 0.15) is 12.5 Å². The van der Waals surface area contributed by atoms with Crippen molar-refractivity contribution in [2.24, 2.45) is 0 Å². The highest BCUT2D eigenvalue weighted by Gasteiger charge is 2.25. The van der Waals surface area contributed by atoms with Crippen molar-refractivity contribution < 1.29 is 9.53 Å². The van der Waals surface area contributed by atoms with Gasteiger partial charge in [-0.3, -0.25) is 4.79 Å². The molecule has 1 amide bonds. The molecule has 1 heterocycles. The molecule has 5 heteroatoms. The van der Waals surface area contributed by atoms with Gasteiger partial charge in [-0.2, -0.15) is 5.26 Å². The number of rotatable bonds is 3. The fourth-order valence-corrected chi connectivity index (χ4v) is 2.23. The third kappa shape index (κ3) is 3.09. The smallest absolute Gasteiger partial charge is 0.245 e. The Morgan fingerprint density at radius 2 is 2.15 bits per heavy atom. The van der Waals surface area contributed by atoms with Crippen LogP contribution in [0.2, 0.25) is 0 Å². The van der Waals surface area contributed by atoms with Crippen LogP contribution in [0.25, 0.3) is 0 Å². The summed E-state index contributed by atoms with van der Waals surface area (Å²) in [7, 11) is 1.87. The molecular weight excluding hydrogens is 254 g/mol. The predicted molar refractivity (Wildman–Crippen MR) is 76.4 cm³/mol. The summed E-state index contributed by atoms with van der Waals surface area (Å²) in [6.45, 7) is 4.39. The average Bonchev–Trinajstić information content (AvgIpc) is 2.53. The number of amides is 1. The highest BCUT2D eigenvalue weighted by Crippen LogP contribution is 2.18. The summed E-state index contributed by atoms with van der Waals surface area (Å²) in [4.78, 5) is 16.2. The first kappa shape index (κ1) is 14.4. The molecule has 0 aliphatic carbocycles. The number of nitriles is 1. The molecule has 5 nitrogen and oxygen atoms in total. The molecule has 0 bridgehead atoms. The maximum Gasteiger partial charge on any atom is 0.245 e. The maximum absolute atomic E-state index is 12.4.